The summed E-state index contributed by atoms with van der Waals surface area (Å²) in [5.41, 5.74) is 10.3. The van der Waals surface area contributed by atoms with E-state index in [4.69, 9.17) is 0 Å². The second-order valence-electron chi connectivity index (χ2n) is 14.3. The smallest absolute Gasteiger partial charge is 0.123 e. The van der Waals surface area contributed by atoms with Crippen molar-refractivity contribution < 1.29 is 10.2 Å². The lowest BCUT2D eigenvalue weighted by atomic mass is 9.61. The van der Waals surface area contributed by atoms with Crippen molar-refractivity contribution in [2.24, 2.45) is 0 Å². The van der Waals surface area contributed by atoms with Gasteiger partial charge in [-0.05, 0) is 105 Å². The van der Waals surface area contributed by atoms with E-state index in [2.05, 4.69) is 84.9 Å². The highest BCUT2D eigenvalue weighted by Gasteiger charge is 2.49. The van der Waals surface area contributed by atoms with E-state index in [-0.39, 0.29) is 0 Å². The van der Waals surface area contributed by atoms with Crippen LogP contribution in [0.4, 0.5) is 0 Å². The fourth-order valence-electron chi connectivity index (χ4n) is 10.0. The molecule has 6 aromatic rings. The lowest BCUT2D eigenvalue weighted by molar-refractivity contribution is 0.437. The van der Waals surface area contributed by atoms with E-state index in [1.807, 2.05) is 24.3 Å². The van der Waals surface area contributed by atoms with E-state index in [0.717, 1.165) is 10.8 Å². The number of hydrogen-bond acceptors (Lipinski definition) is 2. The van der Waals surface area contributed by atoms with Gasteiger partial charge >= 0.3 is 0 Å². The molecule has 2 N–H and O–H groups in total. The topological polar surface area (TPSA) is 40.5 Å². The number of phenolic OH excluding ortho intramolecular Hbond substituents is 2. The van der Waals surface area contributed by atoms with Gasteiger partial charge in [-0.1, -0.05) is 136 Å². The highest BCUT2D eigenvalue weighted by molar-refractivity contribution is 5.97. The van der Waals surface area contributed by atoms with Crippen LogP contribution in [0.15, 0.2) is 109 Å². The predicted octanol–water partition coefficient (Wildman–Crippen LogP) is 11.9. The molecule has 0 amide bonds. The number of fused-ring (bicyclic) bond motifs is 5. The van der Waals surface area contributed by atoms with Crippen LogP contribution < -0.4 is 0 Å². The number of benzene rings is 6. The van der Waals surface area contributed by atoms with E-state index in [1.54, 1.807) is 0 Å². The van der Waals surface area contributed by atoms with Gasteiger partial charge in [0.25, 0.3) is 0 Å². The van der Waals surface area contributed by atoms with Crippen molar-refractivity contribution in [3.8, 4) is 22.6 Å². The SMILES string of the molecule is Oc1cccc2c(C3CCCCC3)c(C3(c4ccc5c(O)cccc5c4C4CCCCC4)c4ccccc4-c4ccccc43)ccc12. The summed E-state index contributed by atoms with van der Waals surface area (Å²) in [5.74, 6) is 1.56. The van der Waals surface area contributed by atoms with Crippen LogP contribution >= 0.6 is 0 Å². The van der Waals surface area contributed by atoms with E-state index in [1.165, 1.54) is 119 Å². The van der Waals surface area contributed by atoms with E-state index in [0.29, 0.717) is 23.3 Å². The maximum absolute atomic E-state index is 11.2. The fraction of sp³-hybridized carbons (Fsp3) is 0.289. The molecular weight excluding hydrogens is 572 g/mol. The zero-order chi connectivity index (χ0) is 31.5. The molecule has 0 saturated heterocycles. The molecular formula is C45H42O2. The molecule has 2 heteroatoms. The number of phenols is 2. The standard InChI is InChI=1S/C45H42O2/c46-41-23-11-19-35-33(41)25-27-39(43(35)29-13-3-1-4-14-29)45(37-21-9-7-17-31(37)32-18-8-10-22-38(32)45)40-28-26-34-36(20-12-24-42(34)47)44(40)30-15-5-2-6-16-30/h7-12,17-30,46-47H,1-6,13-16H2. The molecule has 0 heterocycles. The minimum atomic E-state index is -0.550. The van der Waals surface area contributed by atoms with Crippen molar-refractivity contribution in [1.29, 1.82) is 0 Å². The van der Waals surface area contributed by atoms with Crippen molar-refractivity contribution in [2.45, 2.75) is 81.5 Å². The third-order valence-corrected chi connectivity index (χ3v) is 11.9. The first kappa shape index (κ1) is 28.6. The van der Waals surface area contributed by atoms with Crippen molar-refractivity contribution in [3.05, 3.63) is 143 Å². The van der Waals surface area contributed by atoms with Gasteiger partial charge in [0.2, 0.25) is 0 Å². The van der Waals surface area contributed by atoms with Crippen LogP contribution in [0, 0.1) is 0 Å². The zero-order valence-corrected chi connectivity index (χ0v) is 27.0. The molecule has 0 bridgehead atoms. The van der Waals surface area contributed by atoms with Crippen LogP contribution in [0.2, 0.25) is 0 Å². The molecule has 6 aromatic carbocycles. The average Bonchev–Trinajstić information content (AvgIpc) is 3.43. The number of rotatable bonds is 4. The summed E-state index contributed by atoms with van der Waals surface area (Å²) in [5, 5.41) is 26.6. The van der Waals surface area contributed by atoms with Crippen LogP contribution in [-0.4, -0.2) is 10.2 Å². The Morgan fingerprint density at radius 3 is 1.26 bits per heavy atom. The largest absolute Gasteiger partial charge is 0.507 e. The molecule has 0 radical (unpaired) electrons. The summed E-state index contributed by atoms with van der Waals surface area (Å²) in [7, 11) is 0. The van der Waals surface area contributed by atoms with E-state index < -0.39 is 5.41 Å². The van der Waals surface area contributed by atoms with Crippen LogP contribution in [0.3, 0.4) is 0 Å². The molecule has 9 rings (SSSR count). The molecule has 0 atom stereocenters. The molecule has 2 saturated carbocycles. The highest BCUT2D eigenvalue weighted by atomic mass is 16.3. The van der Waals surface area contributed by atoms with Crippen molar-refractivity contribution in [1.82, 2.24) is 0 Å². The van der Waals surface area contributed by atoms with Gasteiger partial charge in [0.1, 0.15) is 11.5 Å². The van der Waals surface area contributed by atoms with Gasteiger partial charge in [0.05, 0.1) is 5.41 Å². The maximum atomic E-state index is 11.2. The molecule has 0 aromatic heterocycles. The third-order valence-electron chi connectivity index (χ3n) is 11.9. The molecule has 47 heavy (non-hydrogen) atoms. The van der Waals surface area contributed by atoms with E-state index >= 15 is 0 Å². The fourth-order valence-corrected chi connectivity index (χ4v) is 10.0. The Morgan fingerprint density at radius 2 is 0.809 bits per heavy atom. The van der Waals surface area contributed by atoms with Crippen molar-refractivity contribution in [2.75, 3.05) is 0 Å². The third kappa shape index (κ3) is 4.23. The lowest BCUT2D eigenvalue weighted by Gasteiger charge is -2.41. The Morgan fingerprint density at radius 1 is 0.383 bits per heavy atom. The second-order valence-corrected chi connectivity index (χ2v) is 14.3. The first-order valence-electron chi connectivity index (χ1n) is 17.9. The quantitative estimate of drug-likeness (QED) is 0.207. The number of aromatic hydroxyl groups is 2. The molecule has 0 spiro atoms. The van der Waals surface area contributed by atoms with Crippen LogP contribution in [0.25, 0.3) is 32.7 Å². The zero-order valence-electron chi connectivity index (χ0n) is 27.0. The monoisotopic (exact) mass is 614 g/mol. The average molecular weight is 615 g/mol. The molecule has 3 aliphatic carbocycles. The first-order valence-corrected chi connectivity index (χ1v) is 17.9. The summed E-state index contributed by atoms with van der Waals surface area (Å²) in [6.45, 7) is 0. The van der Waals surface area contributed by atoms with Crippen LogP contribution in [0.1, 0.15) is 109 Å². The molecule has 234 valence electrons. The summed E-state index contributed by atoms with van der Waals surface area (Å²) in [4.78, 5) is 0. The maximum Gasteiger partial charge on any atom is 0.123 e. The molecule has 3 aliphatic rings. The highest BCUT2D eigenvalue weighted by Crippen LogP contribution is 2.61. The Labute approximate surface area is 277 Å². The Balaban J connectivity index is 1.49. The van der Waals surface area contributed by atoms with Crippen LogP contribution in [0.5, 0.6) is 11.5 Å². The van der Waals surface area contributed by atoms with E-state index in [9.17, 15) is 10.2 Å². The van der Waals surface area contributed by atoms with Gasteiger partial charge in [-0.25, -0.2) is 0 Å². The van der Waals surface area contributed by atoms with Gasteiger partial charge in [-0.3, -0.25) is 0 Å². The Hall–Kier alpha value is -4.56. The molecule has 2 nitrogen and oxygen atoms in total. The summed E-state index contributed by atoms with van der Waals surface area (Å²) < 4.78 is 0. The minimum Gasteiger partial charge on any atom is -0.507 e. The Kier molecular flexibility index (Phi) is 6.89. The number of hydrogen-bond donors (Lipinski definition) is 2. The summed E-state index contributed by atoms with van der Waals surface area (Å²) in [6, 6.07) is 39.6. The normalized spacial score (nSPS) is 18.0. The van der Waals surface area contributed by atoms with Crippen molar-refractivity contribution >= 4 is 21.5 Å². The van der Waals surface area contributed by atoms with Gasteiger partial charge in [0, 0.05) is 10.8 Å². The minimum absolute atomic E-state index is 0.358. The first-order chi connectivity index (χ1) is 23.2. The summed E-state index contributed by atoms with van der Waals surface area (Å²) >= 11 is 0. The van der Waals surface area contributed by atoms with Crippen molar-refractivity contribution in [3.63, 3.8) is 0 Å². The Bertz CT molecular complexity index is 1990. The lowest BCUT2D eigenvalue weighted by Crippen LogP contribution is -2.33. The van der Waals surface area contributed by atoms with Gasteiger partial charge in [-0.2, -0.15) is 0 Å². The summed E-state index contributed by atoms with van der Waals surface area (Å²) in [6.07, 6.45) is 12.2. The van der Waals surface area contributed by atoms with Gasteiger partial charge < -0.3 is 10.2 Å². The van der Waals surface area contributed by atoms with Gasteiger partial charge in [0.15, 0.2) is 0 Å². The predicted molar refractivity (Wildman–Crippen MR) is 194 cm³/mol. The second kappa shape index (κ2) is 11.3. The van der Waals surface area contributed by atoms with Crippen LogP contribution in [-0.2, 0) is 5.41 Å². The molecule has 2 fully saturated rings. The van der Waals surface area contributed by atoms with Gasteiger partial charge in [-0.15, -0.1) is 0 Å². The molecule has 0 unspecified atom stereocenters. The molecule has 0 aliphatic heterocycles.